The SMILES string of the molecule is COC(=O)C(=O)N1c2cc(OC)c3cc2C[C@@H](c2c(C)cc(OC)c(OC)c2Oc2cc4c(cc2OC)CCN(C)[C@H]4Cc2ccc(cc2)O3)N1C. The molecular formula is C40H43N3O9. The Hall–Kier alpha value is -5.46. The monoisotopic (exact) mass is 709 g/mol. The number of esters is 1. The first-order chi connectivity index (χ1) is 25.1. The Balaban J connectivity index is 1.52. The Morgan fingerprint density at radius 3 is 2.12 bits per heavy atom. The van der Waals surface area contributed by atoms with Crippen LogP contribution in [0.4, 0.5) is 5.69 Å². The largest absolute Gasteiger partial charge is 0.493 e. The number of hydrazine groups is 1. The Morgan fingerprint density at radius 2 is 1.44 bits per heavy atom. The summed E-state index contributed by atoms with van der Waals surface area (Å²) < 4.78 is 41.9. The number of methoxy groups -OCH3 is 5. The smallest absolute Gasteiger partial charge is 0.398 e. The number of rotatable bonds is 4. The van der Waals surface area contributed by atoms with Crippen molar-refractivity contribution in [1.82, 2.24) is 9.91 Å². The van der Waals surface area contributed by atoms with Crippen molar-refractivity contribution in [3.8, 4) is 46.0 Å². The lowest BCUT2D eigenvalue weighted by Gasteiger charge is -2.43. The van der Waals surface area contributed by atoms with Crippen LogP contribution in [0.5, 0.6) is 46.0 Å². The summed E-state index contributed by atoms with van der Waals surface area (Å²) in [7, 11) is 11.4. The fourth-order valence-corrected chi connectivity index (χ4v) is 7.66. The maximum absolute atomic E-state index is 13.9. The van der Waals surface area contributed by atoms with Gasteiger partial charge in [-0.2, -0.15) is 0 Å². The van der Waals surface area contributed by atoms with Crippen LogP contribution in [0.15, 0.2) is 54.6 Å². The predicted octanol–water partition coefficient (Wildman–Crippen LogP) is 6.35. The van der Waals surface area contributed by atoms with Gasteiger partial charge in [0.25, 0.3) is 0 Å². The minimum Gasteiger partial charge on any atom is -0.493 e. The van der Waals surface area contributed by atoms with Crippen LogP contribution < -0.4 is 33.4 Å². The van der Waals surface area contributed by atoms with Crippen LogP contribution >= 0.6 is 0 Å². The van der Waals surface area contributed by atoms with Gasteiger partial charge >= 0.3 is 11.9 Å². The third-order valence-corrected chi connectivity index (χ3v) is 10.4. The summed E-state index contributed by atoms with van der Waals surface area (Å²) in [6.45, 7) is 2.84. The topological polar surface area (TPSA) is 108 Å². The highest BCUT2D eigenvalue weighted by Crippen LogP contribution is 2.53. The van der Waals surface area contributed by atoms with Gasteiger partial charge in [-0.1, -0.05) is 12.1 Å². The normalized spacial score (nSPS) is 18.0. The van der Waals surface area contributed by atoms with Crippen LogP contribution in [-0.4, -0.2) is 78.0 Å². The molecule has 7 bridgehead atoms. The molecule has 12 nitrogen and oxygen atoms in total. The zero-order valence-corrected chi connectivity index (χ0v) is 30.7. The van der Waals surface area contributed by atoms with Gasteiger partial charge < -0.3 is 33.2 Å². The number of hydrogen-bond acceptors (Lipinski definition) is 11. The first kappa shape index (κ1) is 35.0. The summed E-state index contributed by atoms with van der Waals surface area (Å²) in [5, 5.41) is 3.03. The first-order valence-electron chi connectivity index (χ1n) is 17.1. The van der Waals surface area contributed by atoms with Gasteiger partial charge in [-0.05, 0) is 97.4 Å². The van der Waals surface area contributed by atoms with Gasteiger partial charge in [-0.15, -0.1) is 0 Å². The molecule has 0 saturated carbocycles. The van der Waals surface area contributed by atoms with E-state index in [-0.39, 0.29) is 6.04 Å². The number of ether oxygens (including phenoxy) is 7. The average molecular weight is 710 g/mol. The maximum Gasteiger partial charge on any atom is 0.398 e. The molecule has 0 aromatic heterocycles. The zero-order valence-electron chi connectivity index (χ0n) is 30.7. The maximum atomic E-state index is 13.9. The van der Waals surface area contributed by atoms with E-state index in [0.29, 0.717) is 58.1 Å². The number of carbonyl (C=O) groups excluding carboxylic acids is 2. The molecule has 0 aliphatic carbocycles. The third-order valence-electron chi connectivity index (χ3n) is 10.4. The van der Waals surface area contributed by atoms with Crippen molar-refractivity contribution >= 4 is 17.6 Å². The van der Waals surface area contributed by atoms with Crippen LogP contribution in [0.1, 0.15) is 45.5 Å². The molecule has 0 saturated heterocycles. The number of likely N-dealkylation sites (N-methyl/N-ethyl adjacent to an activating group) is 2. The molecule has 12 heteroatoms. The Labute approximate surface area is 303 Å². The van der Waals surface area contributed by atoms with Crippen LogP contribution in [0.2, 0.25) is 0 Å². The highest BCUT2D eigenvalue weighted by atomic mass is 16.5. The number of nitrogens with zero attached hydrogens (tertiary/aromatic N) is 3. The molecular weight excluding hydrogens is 666 g/mol. The third kappa shape index (κ3) is 5.91. The van der Waals surface area contributed by atoms with E-state index in [1.54, 1.807) is 39.5 Å². The minimum atomic E-state index is -1.02. The van der Waals surface area contributed by atoms with Crippen LogP contribution in [0.3, 0.4) is 0 Å². The molecule has 2 atom stereocenters. The van der Waals surface area contributed by atoms with E-state index < -0.39 is 17.9 Å². The van der Waals surface area contributed by atoms with Crippen molar-refractivity contribution in [2.24, 2.45) is 0 Å². The summed E-state index contributed by atoms with van der Waals surface area (Å²) in [6, 6.07) is 17.1. The Kier molecular flexibility index (Phi) is 9.36. The van der Waals surface area contributed by atoms with E-state index in [1.165, 1.54) is 24.8 Å². The molecule has 1 amide bonds. The molecule has 0 N–H and O–H groups in total. The second-order valence-corrected chi connectivity index (χ2v) is 13.2. The Morgan fingerprint density at radius 1 is 0.750 bits per heavy atom. The van der Waals surface area contributed by atoms with Crippen molar-refractivity contribution in [2.45, 2.75) is 38.3 Å². The molecule has 52 heavy (non-hydrogen) atoms. The molecule has 4 heterocycles. The minimum absolute atomic E-state index is 0.0636. The van der Waals surface area contributed by atoms with E-state index >= 15 is 0 Å². The number of aryl methyl sites for hydroxylation is 1. The molecule has 4 aromatic rings. The van der Waals surface area contributed by atoms with Crippen molar-refractivity contribution in [2.75, 3.05) is 61.2 Å². The lowest BCUT2D eigenvalue weighted by atomic mass is 9.88. The predicted molar refractivity (Wildman–Crippen MR) is 193 cm³/mol. The summed E-state index contributed by atoms with van der Waals surface area (Å²) >= 11 is 0. The highest BCUT2D eigenvalue weighted by molar-refractivity contribution is 6.38. The number of anilines is 1. The van der Waals surface area contributed by atoms with E-state index in [1.807, 2.05) is 31.2 Å². The van der Waals surface area contributed by atoms with Gasteiger partial charge in [-0.25, -0.2) is 14.8 Å². The van der Waals surface area contributed by atoms with E-state index in [9.17, 15) is 9.59 Å². The van der Waals surface area contributed by atoms with E-state index in [2.05, 4.69) is 36.2 Å². The van der Waals surface area contributed by atoms with Gasteiger partial charge in [0.05, 0.1) is 47.3 Å². The number of benzene rings is 4. The molecule has 4 aromatic carbocycles. The van der Waals surface area contributed by atoms with Crippen molar-refractivity contribution < 1.29 is 42.7 Å². The van der Waals surface area contributed by atoms with Gasteiger partial charge in [-0.3, -0.25) is 9.69 Å². The molecule has 0 unspecified atom stereocenters. The van der Waals surface area contributed by atoms with Gasteiger partial charge in [0.15, 0.2) is 34.5 Å². The fraction of sp³-hybridized carbons (Fsp3) is 0.350. The zero-order chi connectivity index (χ0) is 36.8. The number of carbonyl (C=O) groups is 2. The van der Waals surface area contributed by atoms with Gasteiger partial charge in [0, 0.05) is 31.3 Å². The summed E-state index contributed by atoms with van der Waals surface area (Å²) in [5.74, 6) is 1.90. The van der Waals surface area contributed by atoms with Crippen molar-refractivity contribution in [3.63, 3.8) is 0 Å². The molecule has 4 aliphatic rings. The van der Waals surface area contributed by atoms with Gasteiger partial charge in [0.1, 0.15) is 5.75 Å². The molecule has 8 rings (SSSR count). The van der Waals surface area contributed by atoms with E-state index in [0.717, 1.165) is 47.2 Å². The molecule has 272 valence electrons. The number of hydrogen-bond donors (Lipinski definition) is 0. The van der Waals surface area contributed by atoms with E-state index in [4.69, 9.17) is 33.2 Å². The van der Waals surface area contributed by atoms with Crippen molar-refractivity contribution in [3.05, 3.63) is 88.0 Å². The number of fused-ring (bicyclic) bond motifs is 2. The lowest BCUT2D eigenvalue weighted by molar-refractivity contribution is -0.153. The van der Waals surface area contributed by atoms with Crippen LogP contribution in [0, 0.1) is 6.92 Å². The Bertz CT molecular complexity index is 2050. The molecule has 4 aliphatic heterocycles. The summed E-state index contributed by atoms with van der Waals surface area (Å²) in [4.78, 5) is 29.1. The lowest BCUT2D eigenvalue weighted by Crippen LogP contribution is -2.52. The fourth-order valence-electron chi connectivity index (χ4n) is 7.66. The second-order valence-electron chi connectivity index (χ2n) is 13.2. The molecule has 0 spiro atoms. The quantitative estimate of drug-likeness (QED) is 0.175. The van der Waals surface area contributed by atoms with Crippen LogP contribution in [0.25, 0.3) is 0 Å². The molecule has 0 fully saturated rings. The highest BCUT2D eigenvalue weighted by Gasteiger charge is 2.41. The van der Waals surface area contributed by atoms with Crippen molar-refractivity contribution in [1.29, 1.82) is 0 Å². The molecule has 0 radical (unpaired) electrons. The summed E-state index contributed by atoms with van der Waals surface area (Å²) in [6.07, 6.45) is 2.01. The number of amides is 1. The standard InChI is InChI=1S/C40H43N3O9/c1-22-15-35(48-6)37(49-7)38-36(22)30-17-25-19-33(32(47-5)21-28(25)43(42(30)3)39(44)40(45)50-8)51-26-11-9-23(10-12-26)16-29-27-20-34(52-38)31(46-4)18-24(27)13-14-41(29)2/h9-12,15,18-21,29-30H,13-14,16-17H2,1-8H3/t29-,30-/m0/s1. The average Bonchev–Trinajstić information content (AvgIpc) is 3.15. The van der Waals surface area contributed by atoms with Gasteiger partial charge in [0.2, 0.25) is 5.75 Å². The van der Waals surface area contributed by atoms with Crippen LogP contribution in [-0.2, 0) is 33.6 Å². The second kappa shape index (κ2) is 13.9. The summed E-state index contributed by atoms with van der Waals surface area (Å²) in [5.41, 5.74) is 6.19. The first-order valence-corrected chi connectivity index (χ1v) is 17.1.